The number of ether oxygens (including phenoxy) is 1. The molecule has 0 aromatic carbocycles. The second-order valence-electron chi connectivity index (χ2n) is 1.52. The van der Waals surface area contributed by atoms with E-state index in [1.54, 1.807) is 0 Å². The summed E-state index contributed by atoms with van der Waals surface area (Å²) in [6, 6.07) is 0. The van der Waals surface area contributed by atoms with Crippen LogP contribution in [0.15, 0.2) is 0 Å². The van der Waals surface area contributed by atoms with Crippen LogP contribution >= 0.6 is 0 Å². The van der Waals surface area contributed by atoms with Gasteiger partial charge in [0.2, 0.25) is 0 Å². The van der Waals surface area contributed by atoms with E-state index in [1.807, 2.05) is 0 Å². The fraction of sp³-hybridized carbons (Fsp3) is 0.750. The summed E-state index contributed by atoms with van der Waals surface area (Å²) < 4.78 is 4.80. The lowest BCUT2D eigenvalue weighted by molar-refractivity contribution is -0.135. The van der Waals surface area contributed by atoms with Crippen LogP contribution in [0, 0.1) is 0 Å². The maximum absolute atomic E-state index is 9.48. The van der Waals surface area contributed by atoms with Crippen LogP contribution < -0.4 is 5.48 Å². The summed E-state index contributed by atoms with van der Waals surface area (Å²) in [6.45, 7) is 1.72. The van der Waals surface area contributed by atoms with Crippen LogP contribution in [-0.4, -0.2) is 25.7 Å². The van der Waals surface area contributed by atoms with Crippen LogP contribution in [0.25, 0.3) is 0 Å². The number of hydroxylamine groups is 1. The minimum atomic E-state index is 0.259. The summed E-state index contributed by atoms with van der Waals surface area (Å²) in [7, 11) is 0. The molecule has 1 rings (SSSR count). The number of nitrogens with one attached hydrogen (secondary N) is 1. The van der Waals surface area contributed by atoms with Gasteiger partial charge in [0, 0.05) is 0 Å². The Labute approximate surface area is 46.7 Å². The van der Waals surface area contributed by atoms with E-state index < -0.39 is 0 Å². The van der Waals surface area contributed by atoms with E-state index in [2.05, 4.69) is 10.3 Å². The molecule has 0 spiro atoms. The van der Waals surface area contributed by atoms with E-state index in [1.165, 1.54) is 0 Å². The molecule has 1 aliphatic rings. The Hall–Kier alpha value is -0.610. The maximum atomic E-state index is 9.48. The normalized spacial score (nSPS) is 24.8. The lowest BCUT2D eigenvalue weighted by atomic mass is 10.5. The third-order valence-corrected chi connectivity index (χ3v) is 0.845. The van der Waals surface area contributed by atoms with Crippen LogP contribution in [0.1, 0.15) is 0 Å². The lowest BCUT2D eigenvalue weighted by Gasteiger charge is -1.93. The Morgan fingerprint density at radius 3 is 3.25 bits per heavy atom. The Bertz CT molecular complexity index is 81.4. The molecular weight excluding hydrogens is 110 g/mol. The fourth-order valence-corrected chi connectivity index (χ4v) is 0.361. The molecular formula is C4H7NO3. The number of carbonyl (C=O) groups excluding carboxylic acids is 1. The molecule has 0 aromatic heterocycles. The van der Waals surface area contributed by atoms with Gasteiger partial charge in [0.05, 0.1) is 19.3 Å². The number of hydrogen-bond acceptors (Lipinski definition) is 4. The van der Waals surface area contributed by atoms with Gasteiger partial charge in [-0.25, -0.2) is 0 Å². The zero-order chi connectivity index (χ0) is 5.82. The molecule has 1 atom stereocenters. The average molecular weight is 117 g/mol. The highest BCUT2D eigenvalue weighted by Crippen LogP contribution is 2.05. The van der Waals surface area contributed by atoms with Crippen LogP contribution in [0.3, 0.4) is 0 Å². The Kier molecular flexibility index (Phi) is 1.82. The van der Waals surface area contributed by atoms with Crippen LogP contribution in [0.4, 0.5) is 0 Å². The summed E-state index contributed by atoms with van der Waals surface area (Å²) in [5.41, 5.74) is 2.40. The van der Waals surface area contributed by atoms with Crippen molar-refractivity contribution in [1.82, 2.24) is 5.48 Å². The van der Waals surface area contributed by atoms with Gasteiger partial charge in [0.1, 0.15) is 0 Å². The lowest BCUT2D eigenvalue weighted by Crippen LogP contribution is -2.18. The van der Waals surface area contributed by atoms with Gasteiger partial charge in [-0.3, -0.25) is 4.79 Å². The number of carbonyl (C=O) groups is 1. The number of rotatable bonds is 4. The van der Waals surface area contributed by atoms with Crippen molar-refractivity contribution >= 4 is 6.47 Å². The first-order chi connectivity index (χ1) is 3.93. The third kappa shape index (κ3) is 1.90. The quantitative estimate of drug-likeness (QED) is 0.223. The molecule has 1 heterocycles. The molecule has 4 heteroatoms. The predicted molar refractivity (Wildman–Crippen MR) is 24.9 cm³/mol. The van der Waals surface area contributed by atoms with Gasteiger partial charge in [0.25, 0.3) is 0 Å². The molecule has 1 N–H and O–H groups in total. The van der Waals surface area contributed by atoms with Gasteiger partial charge in [0.15, 0.2) is 0 Å². The SMILES string of the molecule is O=CONCC1CO1. The van der Waals surface area contributed by atoms with Crippen LogP contribution in [0.2, 0.25) is 0 Å². The minimum absolute atomic E-state index is 0.259. The van der Waals surface area contributed by atoms with Crippen LogP contribution in [0.5, 0.6) is 0 Å². The molecule has 8 heavy (non-hydrogen) atoms. The maximum Gasteiger partial charge on any atom is 0.312 e. The molecule has 1 saturated heterocycles. The van der Waals surface area contributed by atoms with Gasteiger partial charge in [-0.15, -0.1) is 0 Å². The second-order valence-corrected chi connectivity index (χ2v) is 1.52. The topological polar surface area (TPSA) is 50.9 Å². The highest BCUT2D eigenvalue weighted by molar-refractivity contribution is 5.36. The van der Waals surface area contributed by atoms with Crippen molar-refractivity contribution in [3.63, 3.8) is 0 Å². The summed E-state index contributed by atoms with van der Waals surface area (Å²) in [4.78, 5) is 13.7. The number of hydrogen-bond donors (Lipinski definition) is 1. The van der Waals surface area contributed by atoms with Crippen molar-refractivity contribution in [1.29, 1.82) is 0 Å². The number of epoxide rings is 1. The van der Waals surface area contributed by atoms with E-state index in [4.69, 9.17) is 4.74 Å². The molecule has 1 aliphatic heterocycles. The standard InChI is InChI=1S/C4H7NO3/c6-3-8-5-1-4-2-7-4/h3-5H,1-2H2. The molecule has 0 aliphatic carbocycles. The van der Waals surface area contributed by atoms with Crippen LogP contribution in [-0.2, 0) is 14.4 Å². The third-order valence-electron chi connectivity index (χ3n) is 0.845. The molecule has 0 saturated carbocycles. The summed E-state index contributed by atoms with van der Waals surface area (Å²) in [6.07, 6.45) is 0.259. The summed E-state index contributed by atoms with van der Waals surface area (Å²) in [5.74, 6) is 0. The largest absolute Gasteiger partial charge is 0.373 e. The molecule has 4 nitrogen and oxygen atoms in total. The monoisotopic (exact) mass is 117 g/mol. The highest BCUT2D eigenvalue weighted by Gasteiger charge is 2.21. The Morgan fingerprint density at radius 2 is 2.75 bits per heavy atom. The summed E-state index contributed by atoms with van der Waals surface area (Å²) >= 11 is 0. The van der Waals surface area contributed by atoms with Gasteiger partial charge < -0.3 is 9.57 Å². The molecule has 1 fully saturated rings. The first-order valence-corrected chi connectivity index (χ1v) is 2.37. The Morgan fingerprint density at radius 1 is 2.00 bits per heavy atom. The molecule has 46 valence electrons. The second kappa shape index (κ2) is 2.64. The molecule has 0 bridgehead atoms. The Balaban J connectivity index is 1.80. The molecule has 0 amide bonds. The first-order valence-electron chi connectivity index (χ1n) is 2.37. The van der Waals surface area contributed by atoms with Gasteiger partial charge in [-0.1, -0.05) is 0 Å². The summed E-state index contributed by atoms with van der Waals surface area (Å²) in [5, 5.41) is 0. The van der Waals surface area contributed by atoms with E-state index in [0.29, 0.717) is 13.0 Å². The first kappa shape index (κ1) is 5.53. The van der Waals surface area contributed by atoms with Crippen molar-refractivity contribution in [2.75, 3.05) is 13.2 Å². The van der Waals surface area contributed by atoms with E-state index in [-0.39, 0.29) is 6.10 Å². The molecule has 1 unspecified atom stereocenters. The van der Waals surface area contributed by atoms with Crippen molar-refractivity contribution in [2.45, 2.75) is 6.10 Å². The zero-order valence-electron chi connectivity index (χ0n) is 4.29. The van der Waals surface area contributed by atoms with E-state index in [9.17, 15) is 4.79 Å². The molecule has 0 aromatic rings. The molecule has 0 radical (unpaired) electrons. The fourth-order valence-electron chi connectivity index (χ4n) is 0.361. The highest BCUT2D eigenvalue weighted by atomic mass is 16.7. The van der Waals surface area contributed by atoms with E-state index in [0.717, 1.165) is 6.61 Å². The van der Waals surface area contributed by atoms with Crippen molar-refractivity contribution in [2.24, 2.45) is 0 Å². The van der Waals surface area contributed by atoms with Crippen molar-refractivity contribution in [3.8, 4) is 0 Å². The van der Waals surface area contributed by atoms with Gasteiger partial charge >= 0.3 is 6.47 Å². The van der Waals surface area contributed by atoms with E-state index >= 15 is 0 Å². The zero-order valence-corrected chi connectivity index (χ0v) is 4.29. The average Bonchev–Trinajstić information content (AvgIpc) is 2.51. The minimum Gasteiger partial charge on any atom is -0.373 e. The predicted octanol–water partition coefficient (Wildman–Crippen LogP) is -0.937. The van der Waals surface area contributed by atoms with Gasteiger partial charge in [-0.05, 0) is 0 Å². The van der Waals surface area contributed by atoms with Crippen molar-refractivity contribution in [3.05, 3.63) is 0 Å². The van der Waals surface area contributed by atoms with Gasteiger partial charge in [-0.2, -0.15) is 5.48 Å². The van der Waals surface area contributed by atoms with Crippen molar-refractivity contribution < 1.29 is 14.4 Å². The smallest absolute Gasteiger partial charge is 0.312 e.